The molecular formula is C8H15NO. The minimum atomic E-state index is -0.538. The van der Waals surface area contributed by atoms with Gasteiger partial charge in [0.25, 0.3) is 0 Å². The molecule has 0 fully saturated rings. The summed E-state index contributed by atoms with van der Waals surface area (Å²) in [5.74, 6) is 0. The summed E-state index contributed by atoms with van der Waals surface area (Å²) in [7, 11) is 3.95. The highest BCUT2D eigenvalue weighted by atomic mass is 16.3. The predicted molar refractivity (Wildman–Crippen MR) is 41.9 cm³/mol. The standard InChI is InChI=1S/C8H15NO/c1-9(2)7-8(10)5-3-4-6-8/h3,5,10H,4,6-7H2,1-2H3. The minimum absolute atomic E-state index is 0.538. The van der Waals surface area contributed by atoms with Crippen molar-refractivity contribution < 1.29 is 5.11 Å². The van der Waals surface area contributed by atoms with Gasteiger partial charge in [-0.1, -0.05) is 12.2 Å². The molecule has 1 atom stereocenters. The molecule has 0 aromatic heterocycles. The van der Waals surface area contributed by atoms with Crippen LogP contribution in [0.4, 0.5) is 0 Å². The lowest BCUT2D eigenvalue weighted by Crippen LogP contribution is -2.36. The summed E-state index contributed by atoms with van der Waals surface area (Å²) in [6, 6.07) is 0. The zero-order chi connectivity index (χ0) is 7.61. The fourth-order valence-corrected chi connectivity index (χ4v) is 1.40. The molecule has 0 bridgehead atoms. The van der Waals surface area contributed by atoms with Crippen molar-refractivity contribution >= 4 is 0 Å². The van der Waals surface area contributed by atoms with Crippen LogP contribution in [0.5, 0.6) is 0 Å². The summed E-state index contributed by atoms with van der Waals surface area (Å²) >= 11 is 0. The monoisotopic (exact) mass is 141 g/mol. The SMILES string of the molecule is CN(C)CC1(O)C=CCC1. The van der Waals surface area contributed by atoms with E-state index in [1.54, 1.807) is 0 Å². The maximum absolute atomic E-state index is 9.73. The third kappa shape index (κ3) is 1.82. The number of allylic oxidation sites excluding steroid dienone is 1. The van der Waals surface area contributed by atoms with E-state index in [-0.39, 0.29) is 0 Å². The summed E-state index contributed by atoms with van der Waals surface area (Å²) in [4.78, 5) is 2.01. The molecule has 0 aromatic carbocycles. The van der Waals surface area contributed by atoms with Crippen molar-refractivity contribution in [1.29, 1.82) is 0 Å². The zero-order valence-corrected chi connectivity index (χ0v) is 6.67. The van der Waals surface area contributed by atoms with Crippen LogP contribution in [0.3, 0.4) is 0 Å². The van der Waals surface area contributed by atoms with Gasteiger partial charge in [-0.2, -0.15) is 0 Å². The molecule has 58 valence electrons. The van der Waals surface area contributed by atoms with Gasteiger partial charge >= 0.3 is 0 Å². The molecule has 1 N–H and O–H groups in total. The molecule has 0 amide bonds. The minimum Gasteiger partial charge on any atom is -0.384 e. The van der Waals surface area contributed by atoms with Gasteiger partial charge in [0, 0.05) is 6.54 Å². The van der Waals surface area contributed by atoms with Crippen molar-refractivity contribution in [2.45, 2.75) is 18.4 Å². The lowest BCUT2D eigenvalue weighted by molar-refractivity contribution is 0.0617. The molecule has 0 saturated heterocycles. The Balaban J connectivity index is 2.44. The Morgan fingerprint density at radius 2 is 2.30 bits per heavy atom. The van der Waals surface area contributed by atoms with Crippen LogP contribution in [-0.4, -0.2) is 36.2 Å². The molecule has 0 aromatic rings. The second kappa shape index (κ2) is 2.72. The van der Waals surface area contributed by atoms with Crippen LogP contribution >= 0.6 is 0 Å². The lowest BCUT2D eigenvalue weighted by atomic mass is 10.0. The predicted octanol–water partition coefficient (Wildman–Crippen LogP) is 0.629. The van der Waals surface area contributed by atoms with E-state index in [4.69, 9.17) is 0 Å². The lowest BCUT2D eigenvalue weighted by Gasteiger charge is -2.24. The van der Waals surface area contributed by atoms with E-state index in [0.29, 0.717) is 0 Å². The highest BCUT2D eigenvalue weighted by Crippen LogP contribution is 2.22. The normalized spacial score (nSPS) is 32.0. The van der Waals surface area contributed by atoms with E-state index in [0.717, 1.165) is 19.4 Å². The van der Waals surface area contributed by atoms with Gasteiger partial charge < -0.3 is 10.0 Å². The van der Waals surface area contributed by atoms with Gasteiger partial charge in [0.1, 0.15) is 0 Å². The van der Waals surface area contributed by atoms with Crippen LogP contribution in [0.1, 0.15) is 12.8 Å². The van der Waals surface area contributed by atoms with Crippen LogP contribution in [0, 0.1) is 0 Å². The van der Waals surface area contributed by atoms with Crippen LogP contribution in [0.15, 0.2) is 12.2 Å². The highest BCUT2D eigenvalue weighted by molar-refractivity contribution is 5.09. The summed E-state index contributed by atoms with van der Waals surface area (Å²) in [5, 5.41) is 9.73. The maximum atomic E-state index is 9.73. The number of aliphatic hydroxyl groups is 1. The third-order valence-electron chi connectivity index (χ3n) is 1.76. The molecule has 10 heavy (non-hydrogen) atoms. The highest BCUT2D eigenvalue weighted by Gasteiger charge is 2.26. The number of hydrogen-bond donors (Lipinski definition) is 1. The molecular weight excluding hydrogens is 126 g/mol. The number of likely N-dealkylation sites (N-methyl/N-ethyl adjacent to an activating group) is 1. The van der Waals surface area contributed by atoms with E-state index in [9.17, 15) is 5.11 Å². The molecule has 2 heteroatoms. The fraction of sp³-hybridized carbons (Fsp3) is 0.750. The average molecular weight is 141 g/mol. The van der Waals surface area contributed by atoms with E-state index in [2.05, 4.69) is 0 Å². The van der Waals surface area contributed by atoms with Crippen molar-refractivity contribution in [1.82, 2.24) is 4.90 Å². The van der Waals surface area contributed by atoms with Gasteiger partial charge in [-0.25, -0.2) is 0 Å². The molecule has 1 aliphatic carbocycles. The van der Waals surface area contributed by atoms with Gasteiger partial charge in [-0.3, -0.25) is 0 Å². The second-order valence-corrected chi connectivity index (χ2v) is 3.28. The Bertz CT molecular complexity index is 142. The molecule has 0 spiro atoms. The first-order valence-electron chi connectivity index (χ1n) is 3.67. The third-order valence-corrected chi connectivity index (χ3v) is 1.76. The summed E-state index contributed by atoms with van der Waals surface area (Å²) in [6.45, 7) is 0.740. The zero-order valence-electron chi connectivity index (χ0n) is 6.67. The first-order chi connectivity index (χ1) is 4.62. The quantitative estimate of drug-likeness (QED) is 0.570. The molecule has 0 saturated carbocycles. The van der Waals surface area contributed by atoms with Crippen molar-refractivity contribution in [3.63, 3.8) is 0 Å². The Labute approximate surface area is 62.2 Å². The summed E-state index contributed by atoms with van der Waals surface area (Å²) in [6.07, 6.45) is 5.85. The Morgan fingerprint density at radius 1 is 1.60 bits per heavy atom. The molecule has 1 unspecified atom stereocenters. The van der Waals surface area contributed by atoms with Gasteiger partial charge in [-0.15, -0.1) is 0 Å². The van der Waals surface area contributed by atoms with Crippen molar-refractivity contribution in [2.24, 2.45) is 0 Å². The Kier molecular flexibility index (Phi) is 2.11. The van der Waals surface area contributed by atoms with E-state index < -0.39 is 5.60 Å². The molecule has 1 aliphatic rings. The Hall–Kier alpha value is -0.340. The second-order valence-electron chi connectivity index (χ2n) is 3.28. The van der Waals surface area contributed by atoms with Crippen molar-refractivity contribution in [2.75, 3.05) is 20.6 Å². The molecule has 0 radical (unpaired) electrons. The molecule has 0 aliphatic heterocycles. The summed E-state index contributed by atoms with van der Waals surface area (Å²) < 4.78 is 0. The van der Waals surface area contributed by atoms with Gasteiger partial charge in [0.2, 0.25) is 0 Å². The van der Waals surface area contributed by atoms with Crippen LogP contribution < -0.4 is 0 Å². The molecule has 0 heterocycles. The van der Waals surface area contributed by atoms with E-state index in [1.807, 2.05) is 31.1 Å². The molecule has 1 rings (SSSR count). The topological polar surface area (TPSA) is 23.5 Å². The largest absolute Gasteiger partial charge is 0.384 e. The fourth-order valence-electron chi connectivity index (χ4n) is 1.40. The first-order valence-corrected chi connectivity index (χ1v) is 3.67. The van der Waals surface area contributed by atoms with Crippen molar-refractivity contribution in [3.05, 3.63) is 12.2 Å². The van der Waals surface area contributed by atoms with Crippen LogP contribution in [0.25, 0.3) is 0 Å². The van der Waals surface area contributed by atoms with Crippen LogP contribution in [0.2, 0.25) is 0 Å². The first kappa shape index (κ1) is 7.76. The van der Waals surface area contributed by atoms with Crippen LogP contribution in [-0.2, 0) is 0 Å². The van der Waals surface area contributed by atoms with E-state index in [1.165, 1.54) is 0 Å². The smallest absolute Gasteiger partial charge is 0.0956 e. The number of rotatable bonds is 2. The maximum Gasteiger partial charge on any atom is 0.0956 e. The van der Waals surface area contributed by atoms with Crippen molar-refractivity contribution in [3.8, 4) is 0 Å². The summed E-state index contributed by atoms with van der Waals surface area (Å²) in [5.41, 5.74) is -0.538. The van der Waals surface area contributed by atoms with E-state index >= 15 is 0 Å². The van der Waals surface area contributed by atoms with Gasteiger partial charge in [0.05, 0.1) is 5.60 Å². The molecule has 2 nitrogen and oxygen atoms in total. The number of nitrogens with zero attached hydrogens (tertiary/aromatic N) is 1. The average Bonchev–Trinajstić information content (AvgIpc) is 2.12. The van der Waals surface area contributed by atoms with Gasteiger partial charge in [-0.05, 0) is 26.9 Å². The van der Waals surface area contributed by atoms with Gasteiger partial charge in [0.15, 0.2) is 0 Å². The number of hydrogen-bond acceptors (Lipinski definition) is 2. The Morgan fingerprint density at radius 3 is 2.70 bits per heavy atom.